The fraction of sp³-hybridized carbons (Fsp3) is 0.464. The molecule has 1 aliphatic carbocycles. The Kier molecular flexibility index (Phi) is 9.90. The minimum absolute atomic E-state index is 0.0325. The van der Waals surface area contributed by atoms with Crippen LogP contribution in [-0.4, -0.2) is 63.3 Å². The van der Waals surface area contributed by atoms with Crippen molar-refractivity contribution in [3.63, 3.8) is 0 Å². The molecule has 2 aromatic carbocycles. The van der Waals surface area contributed by atoms with Gasteiger partial charge in [0.15, 0.2) is 0 Å². The van der Waals surface area contributed by atoms with Crippen LogP contribution in [0.4, 0.5) is 10.5 Å². The van der Waals surface area contributed by atoms with E-state index < -0.39 is 21.8 Å². The first kappa shape index (κ1) is 29.2. The van der Waals surface area contributed by atoms with Crippen LogP contribution in [0.5, 0.6) is 0 Å². The Hall–Kier alpha value is -3.40. The third kappa shape index (κ3) is 8.05. The lowest BCUT2D eigenvalue weighted by Crippen LogP contribution is -2.48. The third-order valence-electron chi connectivity index (χ3n) is 6.97. The molecule has 0 unspecified atom stereocenters. The number of anilines is 1. The first-order valence-corrected chi connectivity index (χ1v) is 14.9. The van der Waals surface area contributed by atoms with Crippen molar-refractivity contribution >= 4 is 33.4 Å². The van der Waals surface area contributed by atoms with Gasteiger partial charge < -0.3 is 16.0 Å². The first-order valence-electron chi connectivity index (χ1n) is 12.9. The van der Waals surface area contributed by atoms with Crippen molar-refractivity contribution in [2.45, 2.75) is 50.6 Å². The van der Waals surface area contributed by atoms with E-state index >= 15 is 0 Å². The molecule has 1 fully saturated rings. The molecule has 38 heavy (non-hydrogen) atoms. The lowest BCUT2D eigenvalue weighted by Gasteiger charge is -2.32. The van der Waals surface area contributed by atoms with Crippen molar-refractivity contribution in [2.75, 3.05) is 31.0 Å². The summed E-state index contributed by atoms with van der Waals surface area (Å²) in [4.78, 5) is 41.2. The van der Waals surface area contributed by atoms with E-state index in [1.165, 1.54) is 0 Å². The van der Waals surface area contributed by atoms with E-state index in [1.807, 2.05) is 54.6 Å². The van der Waals surface area contributed by atoms with Crippen LogP contribution in [0, 0.1) is 5.92 Å². The molecule has 206 valence electrons. The second-order valence-electron chi connectivity index (χ2n) is 10.2. The zero-order valence-electron chi connectivity index (χ0n) is 22.3. The SMILES string of the molecule is CN(C)C(=O)N(Cc1ccc([C@@H]2CCCC[C@H]2C(=O)N[C@@H](CCS(C)(=O)=O)C(N)=O)cc1)c1ccccc1. The molecular formula is C28H38N4O5S. The Bertz CT molecular complexity index is 1220. The molecule has 4 amide bonds. The number of hydrogen-bond acceptors (Lipinski definition) is 5. The summed E-state index contributed by atoms with van der Waals surface area (Å²) < 4.78 is 23.1. The van der Waals surface area contributed by atoms with Gasteiger partial charge in [-0.1, -0.05) is 55.3 Å². The molecule has 3 atom stereocenters. The molecule has 1 saturated carbocycles. The van der Waals surface area contributed by atoms with E-state index in [0.717, 1.165) is 42.3 Å². The summed E-state index contributed by atoms with van der Waals surface area (Å²) in [5.74, 6) is -1.62. The zero-order chi connectivity index (χ0) is 27.9. The summed E-state index contributed by atoms with van der Waals surface area (Å²) in [6.07, 6.45) is 4.43. The average molecular weight is 543 g/mol. The standard InChI is InChI=1S/C28H38N4O5S/c1-31(2)28(35)32(22-9-5-4-6-10-22)19-20-13-15-21(16-14-20)23-11-7-8-12-24(23)27(34)30-25(26(29)33)17-18-38(3,36)37/h4-6,9-10,13-16,23-25H,7-8,11-12,17-19H2,1-3H3,(H2,29,33)(H,30,34)/t23-,24+,25-/m0/s1. The van der Waals surface area contributed by atoms with Crippen molar-refractivity contribution in [1.29, 1.82) is 0 Å². The maximum Gasteiger partial charge on any atom is 0.324 e. The summed E-state index contributed by atoms with van der Waals surface area (Å²) in [5, 5.41) is 2.71. The smallest absolute Gasteiger partial charge is 0.324 e. The summed E-state index contributed by atoms with van der Waals surface area (Å²) in [5.41, 5.74) is 8.23. The minimum atomic E-state index is -3.29. The number of rotatable bonds is 10. The maximum absolute atomic E-state index is 13.2. The van der Waals surface area contributed by atoms with Gasteiger partial charge in [0.2, 0.25) is 11.8 Å². The largest absolute Gasteiger partial charge is 0.368 e. The van der Waals surface area contributed by atoms with Gasteiger partial charge in [0.05, 0.1) is 12.3 Å². The fourth-order valence-electron chi connectivity index (χ4n) is 4.91. The lowest BCUT2D eigenvalue weighted by atomic mass is 9.75. The molecule has 0 saturated heterocycles. The number of nitrogens with one attached hydrogen (secondary N) is 1. The van der Waals surface area contributed by atoms with Gasteiger partial charge in [0.25, 0.3) is 0 Å². The summed E-state index contributed by atoms with van der Waals surface area (Å²) in [7, 11) is 0.149. The van der Waals surface area contributed by atoms with Crippen LogP contribution in [0.2, 0.25) is 0 Å². The normalized spacial score (nSPS) is 18.3. The van der Waals surface area contributed by atoms with Crippen molar-refractivity contribution in [2.24, 2.45) is 11.7 Å². The zero-order valence-corrected chi connectivity index (χ0v) is 23.1. The number of primary amides is 1. The number of hydrogen-bond donors (Lipinski definition) is 2. The van der Waals surface area contributed by atoms with Gasteiger partial charge in [-0.15, -0.1) is 0 Å². The highest BCUT2D eigenvalue weighted by molar-refractivity contribution is 7.90. The molecule has 10 heteroatoms. The number of urea groups is 1. The number of para-hydroxylation sites is 1. The van der Waals surface area contributed by atoms with E-state index in [1.54, 1.807) is 23.9 Å². The van der Waals surface area contributed by atoms with E-state index in [-0.39, 0.29) is 35.9 Å². The second kappa shape index (κ2) is 12.9. The number of sulfone groups is 1. The van der Waals surface area contributed by atoms with Crippen LogP contribution >= 0.6 is 0 Å². The Morgan fingerprint density at radius 1 is 1.00 bits per heavy atom. The predicted molar refractivity (Wildman–Crippen MR) is 148 cm³/mol. The first-order chi connectivity index (χ1) is 18.0. The molecule has 0 spiro atoms. The van der Waals surface area contributed by atoms with E-state index in [4.69, 9.17) is 5.73 Å². The van der Waals surface area contributed by atoms with Crippen LogP contribution in [-0.2, 0) is 26.0 Å². The van der Waals surface area contributed by atoms with Crippen LogP contribution in [0.1, 0.15) is 49.1 Å². The third-order valence-corrected chi connectivity index (χ3v) is 7.95. The van der Waals surface area contributed by atoms with E-state index in [2.05, 4.69) is 5.32 Å². The van der Waals surface area contributed by atoms with Gasteiger partial charge in [-0.3, -0.25) is 14.5 Å². The van der Waals surface area contributed by atoms with Crippen molar-refractivity contribution in [1.82, 2.24) is 10.2 Å². The van der Waals surface area contributed by atoms with Crippen LogP contribution in [0.25, 0.3) is 0 Å². The maximum atomic E-state index is 13.2. The summed E-state index contributed by atoms with van der Waals surface area (Å²) in [6.45, 7) is 0.399. The second-order valence-corrected chi connectivity index (χ2v) is 12.5. The van der Waals surface area contributed by atoms with Crippen molar-refractivity contribution in [3.8, 4) is 0 Å². The van der Waals surface area contributed by atoms with Gasteiger partial charge in [0.1, 0.15) is 15.9 Å². The molecule has 0 aromatic heterocycles. The molecular weight excluding hydrogens is 504 g/mol. The fourth-order valence-corrected chi connectivity index (χ4v) is 5.58. The van der Waals surface area contributed by atoms with Gasteiger partial charge in [-0.2, -0.15) is 0 Å². The van der Waals surface area contributed by atoms with Crippen molar-refractivity contribution < 1.29 is 22.8 Å². The molecule has 0 heterocycles. The van der Waals surface area contributed by atoms with Crippen LogP contribution in [0.3, 0.4) is 0 Å². The highest BCUT2D eigenvalue weighted by Gasteiger charge is 2.34. The topological polar surface area (TPSA) is 130 Å². The number of benzene rings is 2. The Morgan fingerprint density at radius 3 is 2.21 bits per heavy atom. The Labute approximate surface area is 225 Å². The van der Waals surface area contributed by atoms with Gasteiger partial charge in [-0.05, 0) is 48.4 Å². The molecule has 1 aliphatic rings. The minimum Gasteiger partial charge on any atom is -0.368 e. The Morgan fingerprint density at radius 2 is 1.63 bits per heavy atom. The Balaban J connectivity index is 1.75. The number of amides is 4. The number of carbonyl (C=O) groups excluding carboxylic acids is 3. The van der Waals surface area contributed by atoms with E-state index in [9.17, 15) is 22.8 Å². The van der Waals surface area contributed by atoms with Crippen LogP contribution in [0.15, 0.2) is 54.6 Å². The summed E-state index contributed by atoms with van der Waals surface area (Å²) >= 11 is 0. The quantitative estimate of drug-likeness (QED) is 0.477. The van der Waals surface area contributed by atoms with Gasteiger partial charge in [-0.25, -0.2) is 13.2 Å². The average Bonchev–Trinajstić information content (AvgIpc) is 2.89. The molecule has 0 bridgehead atoms. The van der Waals surface area contributed by atoms with Gasteiger partial charge in [0, 0.05) is 32.0 Å². The van der Waals surface area contributed by atoms with Crippen molar-refractivity contribution in [3.05, 3.63) is 65.7 Å². The molecule has 0 aliphatic heterocycles. The summed E-state index contributed by atoms with van der Waals surface area (Å²) in [6, 6.07) is 16.3. The molecule has 0 radical (unpaired) electrons. The van der Waals surface area contributed by atoms with E-state index in [0.29, 0.717) is 13.0 Å². The molecule has 3 N–H and O–H groups in total. The lowest BCUT2D eigenvalue weighted by molar-refractivity contribution is -0.131. The highest BCUT2D eigenvalue weighted by atomic mass is 32.2. The number of carbonyl (C=O) groups is 3. The van der Waals surface area contributed by atoms with Crippen LogP contribution < -0.4 is 16.0 Å². The number of nitrogens with zero attached hydrogens (tertiary/aromatic N) is 2. The molecule has 3 rings (SSSR count). The molecule has 2 aromatic rings. The highest BCUT2D eigenvalue weighted by Crippen LogP contribution is 2.38. The predicted octanol–water partition coefficient (Wildman–Crippen LogP) is 3.05. The van der Waals surface area contributed by atoms with Gasteiger partial charge >= 0.3 is 6.03 Å². The number of nitrogens with two attached hydrogens (primary N) is 1. The molecule has 9 nitrogen and oxygen atoms in total. The monoisotopic (exact) mass is 542 g/mol.